The first-order valence-corrected chi connectivity index (χ1v) is 5.52. The van der Waals surface area contributed by atoms with E-state index in [4.69, 9.17) is 11.5 Å². The normalized spacial score (nSPS) is 16.0. The Morgan fingerprint density at radius 3 is 2.29 bits per heavy atom. The van der Waals surface area contributed by atoms with E-state index in [9.17, 15) is 9.90 Å². The first-order valence-electron chi connectivity index (χ1n) is 5.52. The van der Waals surface area contributed by atoms with Gasteiger partial charge in [-0.1, -0.05) is 0 Å². The topological polar surface area (TPSA) is 105 Å². The molecule has 0 atom stereocenters. The Balaban J connectivity index is 2.13. The van der Waals surface area contributed by atoms with E-state index in [2.05, 4.69) is 5.43 Å². The number of nitrogens with one attached hydrogen (secondary N) is 1. The van der Waals surface area contributed by atoms with E-state index in [1.165, 1.54) is 12.1 Å². The second-order valence-electron chi connectivity index (χ2n) is 4.14. The zero-order valence-corrected chi connectivity index (χ0v) is 9.44. The first-order chi connectivity index (χ1) is 8.08. The van der Waals surface area contributed by atoms with Gasteiger partial charge in [0.25, 0.3) is 5.91 Å². The van der Waals surface area contributed by atoms with Gasteiger partial charge in [-0.05, 0) is 25.0 Å². The number of anilines is 2. The van der Waals surface area contributed by atoms with Crippen molar-refractivity contribution in [3.8, 4) is 5.75 Å². The van der Waals surface area contributed by atoms with Gasteiger partial charge in [0.15, 0.2) is 5.75 Å². The Labute approximate surface area is 99.2 Å². The van der Waals surface area contributed by atoms with E-state index in [-0.39, 0.29) is 23.0 Å². The summed E-state index contributed by atoms with van der Waals surface area (Å²) in [6, 6.07) is 2.83. The van der Waals surface area contributed by atoms with E-state index in [0.29, 0.717) is 5.56 Å². The number of carbonyl (C=O) groups is 1. The number of hydrazine groups is 1. The van der Waals surface area contributed by atoms with Gasteiger partial charge in [-0.3, -0.25) is 10.2 Å². The highest BCUT2D eigenvalue weighted by Gasteiger charge is 2.16. The van der Waals surface area contributed by atoms with Gasteiger partial charge >= 0.3 is 0 Å². The Morgan fingerprint density at radius 1 is 1.24 bits per heavy atom. The number of benzene rings is 1. The van der Waals surface area contributed by atoms with Crippen LogP contribution in [0, 0.1) is 0 Å². The third-order valence-electron chi connectivity index (χ3n) is 2.80. The second kappa shape index (κ2) is 4.50. The molecule has 0 aliphatic carbocycles. The molecular weight excluding hydrogens is 220 g/mol. The largest absolute Gasteiger partial charge is 0.504 e. The summed E-state index contributed by atoms with van der Waals surface area (Å²) < 4.78 is 0. The number of carbonyl (C=O) groups excluding carboxylic acids is 1. The molecule has 6 N–H and O–H groups in total. The number of phenolic OH excluding ortho intramolecular Hbond substituents is 1. The van der Waals surface area contributed by atoms with Gasteiger partial charge < -0.3 is 16.6 Å². The Hall–Kier alpha value is -1.95. The van der Waals surface area contributed by atoms with Crippen LogP contribution in [0.2, 0.25) is 0 Å². The minimum atomic E-state index is -0.259. The molecule has 2 rings (SSSR count). The molecule has 1 heterocycles. The van der Waals surface area contributed by atoms with Crippen LogP contribution >= 0.6 is 0 Å². The van der Waals surface area contributed by atoms with Crippen molar-refractivity contribution >= 4 is 17.3 Å². The van der Waals surface area contributed by atoms with Crippen molar-refractivity contribution in [2.45, 2.75) is 12.8 Å². The van der Waals surface area contributed by atoms with Crippen molar-refractivity contribution in [2.24, 2.45) is 0 Å². The molecule has 1 aliphatic heterocycles. The molecule has 1 aromatic carbocycles. The predicted octanol–water partition coefficient (Wildman–Crippen LogP) is 0.297. The second-order valence-corrected chi connectivity index (χ2v) is 4.14. The van der Waals surface area contributed by atoms with Gasteiger partial charge in [0.05, 0.1) is 11.4 Å². The lowest BCUT2D eigenvalue weighted by atomic mass is 10.1. The molecule has 0 saturated carbocycles. The van der Waals surface area contributed by atoms with E-state index in [1.54, 1.807) is 0 Å². The number of phenols is 1. The maximum atomic E-state index is 11.9. The van der Waals surface area contributed by atoms with Gasteiger partial charge in [-0.25, -0.2) is 5.01 Å². The minimum Gasteiger partial charge on any atom is -0.504 e. The van der Waals surface area contributed by atoms with Crippen LogP contribution in [-0.4, -0.2) is 29.1 Å². The Morgan fingerprint density at radius 2 is 1.76 bits per heavy atom. The number of hydrogen-bond acceptors (Lipinski definition) is 5. The summed E-state index contributed by atoms with van der Waals surface area (Å²) in [7, 11) is 0. The fourth-order valence-corrected chi connectivity index (χ4v) is 1.85. The zero-order chi connectivity index (χ0) is 12.4. The summed E-state index contributed by atoms with van der Waals surface area (Å²) >= 11 is 0. The van der Waals surface area contributed by atoms with Crippen LogP contribution in [0.25, 0.3) is 0 Å². The van der Waals surface area contributed by atoms with Crippen LogP contribution in [0.1, 0.15) is 23.2 Å². The molecular formula is C11H16N4O2. The van der Waals surface area contributed by atoms with Crippen molar-refractivity contribution in [3.63, 3.8) is 0 Å². The number of amides is 1. The maximum absolute atomic E-state index is 11.9. The summed E-state index contributed by atoms with van der Waals surface area (Å²) in [6.07, 6.45) is 2.17. The van der Waals surface area contributed by atoms with Gasteiger partial charge in [0.2, 0.25) is 0 Å². The predicted molar refractivity (Wildman–Crippen MR) is 65.2 cm³/mol. The van der Waals surface area contributed by atoms with Gasteiger partial charge in [0.1, 0.15) is 0 Å². The number of hydrogen-bond donors (Lipinski definition) is 4. The van der Waals surface area contributed by atoms with Crippen LogP contribution < -0.4 is 16.9 Å². The molecule has 1 fully saturated rings. The number of rotatable bonds is 2. The molecule has 17 heavy (non-hydrogen) atoms. The average molecular weight is 236 g/mol. The fourth-order valence-electron chi connectivity index (χ4n) is 1.85. The smallest absolute Gasteiger partial charge is 0.265 e. The molecule has 1 aromatic rings. The molecule has 1 amide bonds. The lowest BCUT2D eigenvalue weighted by molar-refractivity contribution is 0.0826. The summed E-state index contributed by atoms with van der Waals surface area (Å²) in [4.78, 5) is 11.9. The van der Waals surface area contributed by atoms with Crippen LogP contribution in [0.3, 0.4) is 0 Å². The third-order valence-corrected chi connectivity index (χ3v) is 2.80. The molecule has 1 aliphatic rings. The third kappa shape index (κ3) is 2.42. The zero-order valence-electron chi connectivity index (χ0n) is 9.44. The fraction of sp³-hybridized carbons (Fsp3) is 0.364. The summed E-state index contributed by atoms with van der Waals surface area (Å²) in [5, 5.41) is 11.3. The number of nitrogen functional groups attached to an aromatic ring is 2. The van der Waals surface area contributed by atoms with Gasteiger partial charge in [0, 0.05) is 18.7 Å². The molecule has 6 heteroatoms. The van der Waals surface area contributed by atoms with Crippen LogP contribution in [-0.2, 0) is 0 Å². The quantitative estimate of drug-likeness (QED) is 0.436. The molecule has 0 bridgehead atoms. The van der Waals surface area contributed by atoms with Crippen LogP contribution in [0.15, 0.2) is 12.1 Å². The molecule has 0 unspecified atom stereocenters. The van der Waals surface area contributed by atoms with Crippen molar-refractivity contribution in [1.29, 1.82) is 0 Å². The van der Waals surface area contributed by atoms with Crippen molar-refractivity contribution < 1.29 is 9.90 Å². The lowest BCUT2D eigenvalue weighted by Crippen LogP contribution is -2.40. The van der Waals surface area contributed by atoms with E-state index >= 15 is 0 Å². The number of nitrogens with two attached hydrogens (primary N) is 2. The summed E-state index contributed by atoms with van der Waals surface area (Å²) in [5.41, 5.74) is 14.4. The molecule has 0 aromatic heterocycles. The van der Waals surface area contributed by atoms with E-state index < -0.39 is 0 Å². The van der Waals surface area contributed by atoms with Gasteiger partial charge in [-0.15, -0.1) is 0 Å². The highest BCUT2D eigenvalue weighted by molar-refractivity contribution is 5.96. The monoisotopic (exact) mass is 236 g/mol. The highest BCUT2D eigenvalue weighted by Crippen LogP contribution is 2.28. The Kier molecular flexibility index (Phi) is 3.06. The SMILES string of the molecule is Nc1cc(C(=O)NN2CCCC2)cc(N)c1O. The molecule has 0 spiro atoms. The standard InChI is InChI=1S/C11H16N4O2/c12-8-5-7(6-9(13)10(8)16)11(17)14-15-3-1-2-4-15/h5-6,16H,1-4,12-13H2,(H,14,17). The van der Waals surface area contributed by atoms with Crippen LogP contribution in [0.5, 0.6) is 5.75 Å². The summed E-state index contributed by atoms with van der Waals surface area (Å²) in [6.45, 7) is 1.71. The van der Waals surface area contributed by atoms with Crippen molar-refractivity contribution in [3.05, 3.63) is 17.7 Å². The van der Waals surface area contributed by atoms with Crippen molar-refractivity contribution in [1.82, 2.24) is 10.4 Å². The number of aromatic hydroxyl groups is 1. The van der Waals surface area contributed by atoms with E-state index in [0.717, 1.165) is 25.9 Å². The first kappa shape index (κ1) is 11.5. The van der Waals surface area contributed by atoms with E-state index in [1.807, 2.05) is 5.01 Å². The maximum Gasteiger partial charge on any atom is 0.265 e. The summed E-state index contributed by atoms with van der Waals surface area (Å²) in [5.74, 6) is -0.437. The molecule has 1 saturated heterocycles. The lowest BCUT2D eigenvalue weighted by Gasteiger charge is -2.16. The van der Waals surface area contributed by atoms with Gasteiger partial charge in [-0.2, -0.15) is 0 Å². The number of nitrogens with zero attached hydrogens (tertiary/aromatic N) is 1. The average Bonchev–Trinajstić information content (AvgIpc) is 2.77. The molecule has 92 valence electrons. The van der Waals surface area contributed by atoms with Crippen molar-refractivity contribution in [2.75, 3.05) is 24.6 Å². The minimum absolute atomic E-state index is 0.108. The molecule has 0 radical (unpaired) electrons. The van der Waals surface area contributed by atoms with Crippen LogP contribution in [0.4, 0.5) is 11.4 Å². The highest BCUT2D eigenvalue weighted by atomic mass is 16.3. The molecule has 6 nitrogen and oxygen atoms in total. The Bertz CT molecular complexity index is 418.